The number of aryl methyl sites for hydroxylation is 1. The van der Waals surface area contributed by atoms with Crippen LogP contribution in [0.2, 0.25) is 0 Å². The van der Waals surface area contributed by atoms with Crippen molar-refractivity contribution in [3.8, 4) is 5.75 Å². The minimum Gasteiger partial charge on any atom is -0.482 e. The predicted octanol–water partition coefficient (Wildman–Crippen LogP) is 1.98. The molecular formula is C17H19NO5S. The normalized spacial score (nSPS) is 11.2. The van der Waals surface area contributed by atoms with Crippen LogP contribution in [-0.4, -0.2) is 32.6 Å². The number of carbonyl (C=O) groups is 1. The number of nitrogens with one attached hydrogen (secondary N) is 1. The molecule has 0 saturated carbocycles. The largest absolute Gasteiger partial charge is 0.482 e. The molecule has 0 saturated heterocycles. The van der Waals surface area contributed by atoms with Crippen LogP contribution in [0.3, 0.4) is 0 Å². The van der Waals surface area contributed by atoms with Gasteiger partial charge in [0.05, 0.1) is 4.90 Å². The standard InChI is InChI=1S/C17H19NO5S/c1-13-6-8-15(9-7-13)24(21,22)18-11-10-14-4-2-3-5-16(14)23-12-17(19)20/h2-9,18H,10-12H2,1H3,(H,19,20). The Kier molecular flexibility index (Phi) is 5.94. The molecule has 0 heterocycles. The lowest BCUT2D eigenvalue weighted by Gasteiger charge is -2.11. The van der Waals surface area contributed by atoms with Crippen LogP contribution in [0, 0.1) is 6.92 Å². The molecule has 6 nitrogen and oxygen atoms in total. The number of hydrogen-bond acceptors (Lipinski definition) is 4. The van der Waals surface area contributed by atoms with E-state index in [1.807, 2.05) is 6.92 Å². The van der Waals surface area contributed by atoms with Crippen molar-refractivity contribution in [2.75, 3.05) is 13.2 Å². The predicted molar refractivity (Wildman–Crippen MR) is 89.6 cm³/mol. The molecule has 0 aliphatic rings. The minimum atomic E-state index is -3.57. The Hall–Kier alpha value is -2.38. The van der Waals surface area contributed by atoms with E-state index in [0.717, 1.165) is 11.1 Å². The van der Waals surface area contributed by atoms with Gasteiger partial charge in [0.25, 0.3) is 0 Å². The molecular weight excluding hydrogens is 330 g/mol. The molecule has 2 N–H and O–H groups in total. The Morgan fingerprint density at radius 3 is 2.46 bits per heavy atom. The zero-order chi connectivity index (χ0) is 17.6. The average Bonchev–Trinajstić information content (AvgIpc) is 2.54. The number of ether oxygens (including phenoxy) is 1. The van der Waals surface area contributed by atoms with Crippen LogP contribution in [0.25, 0.3) is 0 Å². The first-order valence-corrected chi connectivity index (χ1v) is 8.85. The summed E-state index contributed by atoms with van der Waals surface area (Å²) in [6.45, 7) is 1.63. The maximum absolute atomic E-state index is 12.2. The highest BCUT2D eigenvalue weighted by molar-refractivity contribution is 7.89. The van der Waals surface area contributed by atoms with Gasteiger partial charge in [-0.15, -0.1) is 0 Å². The van der Waals surface area contributed by atoms with Crippen LogP contribution in [0.4, 0.5) is 0 Å². The van der Waals surface area contributed by atoms with Crippen molar-refractivity contribution in [3.05, 3.63) is 59.7 Å². The van der Waals surface area contributed by atoms with E-state index in [0.29, 0.717) is 12.2 Å². The van der Waals surface area contributed by atoms with Crippen LogP contribution in [0.15, 0.2) is 53.4 Å². The molecule has 0 fully saturated rings. The van der Waals surface area contributed by atoms with E-state index >= 15 is 0 Å². The molecule has 0 radical (unpaired) electrons. The second kappa shape index (κ2) is 7.94. The highest BCUT2D eigenvalue weighted by Crippen LogP contribution is 2.18. The molecule has 0 unspecified atom stereocenters. The molecule has 2 aromatic carbocycles. The summed E-state index contributed by atoms with van der Waals surface area (Å²) >= 11 is 0. The number of benzene rings is 2. The lowest BCUT2D eigenvalue weighted by molar-refractivity contribution is -0.139. The second-order valence-electron chi connectivity index (χ2n) is 5.25. The van der Waals surface area contributed by atoms with Gasteiger partial charge in [0.1, 0.15) is 5.75 Å². The van der Waals surface area contributed by atoms with Gasteiger partial charge < -0.3 is 9.84 Å². The van der Waals surface area contributed by atoms with Gasteiger partial charge >= 0.3 is 5.97 Å². The number of para-hydroxylation sites is 1. The number of hydrogen-bond donors (Lipinski definition) is 2. The molecule has 0 aromatic heterocycles. The third-order valence-corrected chi connectivity index (χ3v) is 4.82. The summed E-state index contributed by atoms with van der Waals surface area (Å²) in [5, 5.41) is 8.68. The summed E-state index contributed by atoms with van der Waals surface area (Å²) in [6, 6.07) is 13.6. The average molecular weight is 349 g/mol. The molecule has 0 spiro atoms. The molecule has 0 bridgehead atoms. The van der Waals surface area contributed by atoms with E-state index in [4.69, 9.17) is 9.84 Å². The van der Waals surface area contributed by atoms with Crippen LogP contribution < -0.4 is 9.46 Å². The summed E-state index contributed by atoms with van der Waals surface area (Å²) < 4.78 is 32.2. The van der Waals surface area contributed by atoms with Crippen molar-refractivity contribution in [2.45, 2.75) is 18.2 Å². The Balaban J connectivity index is 1.99. The van der Waals surface area contributed by atoms with Crippen molar-refractivity contribution in [1.82, 2.24) is 4.72 Å². The van der Waals surface area contributed by atoms with Crippen LogP contribution in [0.5, 0.6) is 5.75 Å². The minimum absolute atomic E-state index is 0.184. The van der Waals surface area contributed by atoms with E-state index in [1.165, 1.54) is 0 Å². The SMILES string of the molecule is Cc1ccc(S(=O)(=O)NCCc2ccccc2OCC(=O)O)cc1. The Morgan fingerprint density at radius 2 is 1.79 bits per heavy atom. The quantitative estimate of drug-likeness (QED) is 0.760. The third-order valence-electron chi connectivity index (χ3n) is 3.34. The van der Waals surface area contributed by atoms with E-state index in [-0.39, 0.29) is 11.4 Å². The fourth-order valence-electron chi connectivity index (χ4n) is 2.11. The van der Waals surface area contributed by atoms with Crippen molar-refractivity contribution in [1.29, 1.82) is 0 Å². The summed E-state index contributed by atoms with van der Waals surface area (Å²) in [6.07, 6.45) is 0.390. The van der Waals surface area contributed by atoms with Gasteiger partial charge in [-0.1, -0.05) is 35.9 Å². The van der Waals surface area contributed by atoms with Crippen molar-refractivity contribution < 1.29 is 23.1 Å². The summed E-state index contributed by atoms with van der Waals surface area (Å²) in [5.41, 5.74) is 1.73. The zero-order valence-electron chi connectivity index (χ0n) is 13.2. The molecule has 7 heteroatoms. The van der Waals surface area contributed by atoms with Crippen molar-refractivity contribution in [2.24, 2.45) is 0 Å². The van der Waals surface area contributed by atoms with Crippen LogP contribution in [-0.2, 0) is 21.2 Å². The van der Waals surface area contributed by atoms with Crippen molar-refractivity contribution in [3.63, 3.8) is 0 Å². The maximum atomic E-state index is 12.2. The molecule has 0 atom stereocenters. The Morgan fingerprint density at radius 1 is 1.12 bits per heavy atom. The van der Waals surface area contributed by atoms with Gasteiger partial charge in [-0.2, -0.15) is 0 Å². The number of rotatable bonds is 8. The van der Waals surface area contributed by atoms with Gasteiger partial charge in [-0.25, -0.2) is 17.9 Å². The molecule has 0 amide bonds. The van der Waals surface area contributed by atoms with Crippen LogP contribution >= 0.6 is 0 Å². The highest BCUT2D eigenvalue weighted by atomic mass is 32.2. The number of carboxylic acid groups (broad SMARTS) is 1. The smallest absolute Gasteiger partial charge is 0.341 e. The summed E-state index contributed by atoms with van der Waals surface area (Å²) in [4.78, 5) is 10.8. The zero-order valence-corrected chi connectivity index (χ0v) is 14.0. The maximum Gasteiger partial charge on any atom is 0.341 e. The van der Waals surface area contributed by atoms with Gasteiger partial charge in [0.2, 0.25) is 10.0 Å². The van der Waals surface area contributed by atoms with Gasteiger partial charge in [0.15, 0.2) is 6.61 Å². The summed E-state index contributed by atoms with van der Waals surface area (Å²) in [5.74, 6) is -0.626. The van der Waals surface area contributed by atoms with E-state index in [2.05, 4.69) is 4.72 Å². The Labute approximate surface area is 141 Å². The van der Waals surface area contributed by atoms with Gasteiger partial charge in [-0.05, 0) is 37.1 Å². The monoisotopic (exact) mass is 349 g/mol. The number of aliphatic carboxylic acids is 1. The summed E-state index contributed by atoms with van der Waals surface area (Å²) in [7, 11) is -3.57. The molecule has 0 aliphatic carbocycles. The molecule has 2 aromatic rings. The second-order valence-corrected chi connectivity index (χ2v) is 7.02. The first kappa shape index (κ1) is 18.0. The van der Waals surface area contributed by atoms with Gasteiger partial charge in [0, 0.05) is 6.54 Å². The number of carboxylic acids is 1. The first-order valence-electron chi connectivity index (χ1n) is 7.37. The number of sulfonamides is 1. The molecule has 0 aliphatic heterocycles. The molecule has 128 valence electrons. The lowest BCUT2D eigenvalue weighted by Crippen LogP contribution is -2.26. The van der Waals surface area contributed by atoms with E-state index < -0.39 is 22.6 Å². The fraction of sp³-hybridized carbons (Fsp3) is 0.235. The topological polar surface area (TPSA) is 92.7 Å². The third kappa shape index (κ3) is 5.07. The van der Waals surface area contributed by atoms with E-state index in [1.54, 1.807) is 48.5 Å². The molecule has 24 heavy (non-hydrogen) atoms. The molecule has 2 rings (SSSR count). The van der Waals surface area contributed by atoms with Crippen LogP contribution in [0.1, 0.15) is 11.1 Å². The Bertz CT molecular complexity index is 800. The fourth-order valence-corrected chi connectivity index (χ4v) is 3.14. The van der Waals surface area contributed by atoms with E-state index in [9.17, 15) is 13.2 Å². The highest BCUT2D eigenvalue weighted by Gasteiger charge is 2.13. The van der Waals surface area contributed by atoms with Crippen molar-refractivity contribution >= 4 is 16.0 Å². The lowest BCUT2D eigenvalue weighted by atomic mass is 10.1. The first-order chi connectivity index (χ1) is 11.4. The van der Waals surface area contributed by atoms with Gasteiger partial charge in [-0.3, -0.25) is 0 Å².